The fourth-order valence-corrected chi connectivity index (χ4v) is 2.89. The second-order valence-electron chi connectivity index (χ2n) is 5.81. The van der Waals surface area contributed by atoms with Crippen molar-refractivity contribution in [1.29, 1.82) is 0 Å². The molecule has 1 aliphatic rings. The molecule has 2 aromatic rings. The van der Waals surface area contributed by atoms with Gasteiger partial charge in [0.15, 0.2) is 0 Å². The lowest BCUT2D eigenvalue weighted by Gasteiger charge is -2.17. The lowest BCUT2D eigenvalue weighted by molar-refractivity contribution is -0.116. The number of halogens is 2. The number of hydrogen-bond donors (Lipinski definition) is 1. The highest BCUT2D eigenvalue weighted by molar-refractivity contribution is 6.42. The first-order valence-electron chi connectivity index (χ1n) is 7.64. The van der Waals surface area contributed by atoms with Crippen molar-refractivity contribution in [1.82, 2.24) is 4.90 Å². The Morgan fingerprint density at radius 1 is 1.08 bits per heavy atom. The van der Waals surface area contributed by atoms with Gasteiger partial charge in [0.1, 0.15) is 0 Å². The number of carbonyl (C=O) groups excluding carboxylic acids is 2. The van der Waals surface area contributed by atoms with Gasteiger partial charge in [-0.15, -0.1) is 0 Å². The number of benzene rings is 2. The van der Waals surface area contributed by atoms with Gasteiger partial charge in [-0.3, -0.25) is 9.59 Å². The van der Waals surface area contributed by atoms with Crippen molar-refractivity contribution in [2.24, 2.45) is 0 Å². The summed E-state index contributed by atoms with van der Waals surface area (Å²) >= 11 is 11.8. The molecule has 130 valence electrons. The average Bonchev–Trinajstić information content (AvgIpc) is 3.05. The van der Waals surface area contributed by atoms with Crippen LogP contribution in [0.3, 0.4) is 0 Å². The summed E-state index contributed by atoms with van der Waals surface area (Å²) in [5.41, 5.74) is 3.17. The van der Waals surface area contributed by atoms with Crippen LogP contribution < -0.4 is 5.32 Å². The molecular formula is C18H16Cl2N2O3. The molecule has 25 heavy (non-hydrogen) atoms. The molecule has 5 nitrogen and oxygen atoms in total. The molecule has 1 N–H and O–H groups in total. The van der Waals surface area contributed by atoms with Crippen LogP contribution in [0, 0.1) is 0 Å². The smallest absolute Gasteiger partial charge is 0.254 e. The highest BCUT2D eigenvalue weighted by atomic mass is 35.5. The monoisotopic (exact) mass is 378 g/mol. The van der Waals surface area contributed by atoms with Gasteiger partial charge in [-0.2, -0.15) is 0 Å². The third-order valence-electron chi connectivity index (χ3n) is 3.90. The Labute approximate surface area is 155 Å². The van der Waals surface area contributed by atoms with Crippen LogP contribution in [0.5, 0.6) is 0 Å². The number of likely N-dealkylation sites (N-methyl/N-ethyl adjacent to an activating group) is 1. The number of hydrogen-bond acceptors (Lipinski definition) is 3. The van der Waals surface area contributed by atoms with Crippen LogP contribution in [0.25, 0.3) is 0 Å². The van der Waals surface area contributed by atoms with Gasteiger partial charge in [0, 0.05) is 18.3 Å². The average molecular weight is 379 g/mol. The van der Waals surface area contributed by atoms with E-state index in [1.54, 1.807) is 31.3 Å². The quantitative estimate of drug-likeness (QED) is 0.881. The molecule has 0 aromatic heterocycles. The van der Waals surface area contributed by atoms with Crippen LogP contribution in [-0.4, -0.2) is 30.3 Å². The Hall–Kier alpha value is -2.08. The number of nitrogens with zero attached hydrogens (tertiary/aromatic N) is 1. The molecule has 1 heterocycles. The number of ether oxygens (including phenoxy) is 1. The van der Waals surface area contributed by atoms with Gasteiger partial charge in [-0.25, -0.2) is 0 Å². The summed E-state index contributed by atoms with van der Waals surface area (Å²) in [4.78, 5) is 26.0. The number of amides is 2. The first kappa shape index (κ1) is 17.7. The predicted octanol–water partition coefficient (Wildman–Crippen LogP) is 3.73. The van der Waals surface area contributed by atoms with Crippen molar-refractivity contribution < 1.29 is 14.3 Å². The Balaban J connectivity index is 1.62. The van der Waals surface area contributed by atoms with Crippen molar-refractivity contribution in [3.8, 4) is 0 Å². The Morgan fingerprint density at radius 3 is 2.60 bits per heavy atom. The zero-order valence-corrected chi connectivity index (χ0v) is 15.0. The summed E-state index contributed by atoms with van der Waals surface area (Å²) in [6, 6.07) is 10.3. The minimum atomic E-state index is -0.321. The molecule has 0 unspecified atom stereocenters. The van der Waals surface area contributed by atoms with E-state index < -0.39 is 0 Å². The van der Waals surface area contributed by atoms with Crippen molar-refractivity contribution in [2.75, 3.05) is 18.9 Å². The second-order valence-corrected chi connectivity index (χ2v) is 6.63. The predicted molar refractivity (Wildman–Crippen MR) is 97.0 cm³/mol. The lowest BCUT2D eigenvalue weighted by atomic mass is 10.1. The minimum Gasteiger partial charge on any atom is -0.372 e. The van der Waals surface area contributed by atoms with Crippen LogP contribution in [-0.2, 0) is 22.7 Å². The van der Waals surface area contributed by atoms with Crippen LogP contribution in [0.1, 0.15) is 21.5 Å². The molecule has 0 saturated carbocycles. The van der Waals surface area contributed by atoms with E-state index in [1.165, 1.54) is 4.90 Å². The molecular weight excluding hydrogens is 363 g/mol. The molecule has 2 amide bonds. The standard InChI is InChI=1S/C18H16Cl2N2O3/c1-22(8-17(23)21-14-4-5-15(19)16(20)7-14)18(24)11-2-3-12-9-25-10-13(12)6-11/h2-7H,8-10H2,1H3,(H,21,23). The van der Waals surface area contributed by atoms with Crippen LogP contribution in [0.4, 0.5) is 5.69 Å². The Morgan fingerprint density at radius 2 is 1.84 bits per heavy atom. The summed E-state index contributed by atoms with van der Waals surface area (Å²) in [5.74, 6) is -0.544. The first-order valence-corrected chi connectivity index (χ1v) is 8.39. The van der Waals surface area contributed by atoms with Crippen molar-refractivity contribution in [2.45, 2.75) is 13.2 Å². The maximum Gasteiger partial charge on any atom is 0.254 e. The molecule has 2 aromatic carbocycles. The SMILES string of the molecule is CN(CC(=O)Nc1ccc(Cl)c(Cl)c1)C(=O)c1ccc2c(c1)COC2. The van der Waals surface area contributed by atoms with Gasteiger partial charge >= 0.3 is 0 Å². The van der Waals surface area contributed by atoms with Gasteiger partial charge in [-0.1, -0.05) is 29.3 Å². The summed E-state index contributed by atoms with van der Waals surface area (Å²) < 4.78 is 5.35. The molecule has 0 bridgehead atoms. The normalized spacial score (nSPS) is 12.6. The Bertz CT molecular complexity index is 839. The number of carbonyl (C=O) groups is 2. The third-order valence-corrected chi connectivity index (χ3v) is 4.64. The van der Waals surface area contributed by atoms with E-state index in [4.69, 9.17) is 27.9 Å². The Kier molecular flexibility index (Phi) is 5.27. The molecule has 7 heteroatoms. The first-order chi connectivity index (χ1) is 11.9. The zero-order valence-electron chi connectivity index (χ0n) is 13.5. The molecule has 0 atom stereocenters. The number of fused-ring (bicyclic) bond motifs is 1. The minimum absolute atomic E-state index is 0.0767. The second kappa shape index (κ2) is 7.44. The van der Waals surface area contributed by atoms with E-state index >= 15 is 0 Å². The van der Waals surface area contributed by atoms with E-state index in [1.807, 2.05) is 12.1 Å². The lowest BCUT2D eigenvalue weighted by Crippen LogP contribution is -2.35. The van der Waals surface area contributed by atoms with Crippen LogP contribution in [0.2, 0.25) is 10.0 Å². The summed E-state index contributed by atoms with van der Waals surface area (Å²) in [5, 5.41) is 3.45. The summed E-state index contributed by atoms with van der Waals surface area (Å²) in [6.45, 7) is 1.01. The van der Waals surface area contributed by atoms with Crippen LogP contribution in [0.15, 0.2) is 36.4 Å². The van der Waals surface area contributed by atoms with Gasteiger partial charge < -0.3 is 15.0 Å². The molecule has 0 radical (unpaired) electrons. The van der Waals surface area contributed by atoms with E-state index in [2.05, 4.69) is 5.32 Å². The van der Waals surface area contributed by atoms with Gasteiger partial charge in [-0.05, 0) is 41.5 Å². The third kappa shape index (κ3) is 4.12. The molecule has 0 aliphatic carbocycles. The maximum atomic E-state index is 12.5. The van der Waals surface area contributed by atoms with E-state index in [9.17, 15) is 9.59 Å². The molecule has 0 fully saturated rings. The van der Waals surface area contributed by atoms with E-state index in [-0.39, 0.29) is 18.4 Å². The summed E-state index contributed by atoms with van der Waals surface area (Å²) in [7, 11) is 1.58. The fourth-order valence-electron chi connectivity index (χ4n) is 2.59. The molecule has 0 saturated heterocycles. The fraction of sp³-hybridized carbons (Fsp3) is 0.222. The van der Waals surface area contributed by atoms with Crippen molar-refractivity contribution in [3.63, 3.8) is 0 Å². The number of nitrogens with one attached hydrogen (secondary N) is 1. The molecule has 3 rings (SSSR count). The van der Waals surface area contributed by atoms with Crippen molar-refractivity contribution in [3.05, 3.63) is 63.1 Å². The van der Waals surface area contributed by atoms with Gasteiger partial charge in [0.2, 0.25) is 5.91 Å². The number of rotatable bonds is 4. The van der Waals surface area contributed by atoms with Crippen molar-refractivity contribution >= 4 is 40.7 Å². The highest BCUT2D eigenvalue weighted by Gasteiger charge is 2.18. The topological polar surface area (TPSA) is 58.6 Å². The van der Waals surface area contributed by atoms with Gasteiger partial charge in [0.05, 0.1) is 29.8 Å². The van der Waals surface area contributed by atoms with Crippen LogP contribution >= 0.6 is 23.2 Å². The largest absolute Gasteiger partial charge is 0.372 e. The highest BCUT2D eigenvalue weighted by Crippen LogP contribution is 2.25. The summed E-state index contributed by atoms with van der Waals surface area (Å²) in [6.07, 6.45) is 0. The zero-order chi connectivity index (χ0) is 18.0. The maximum absolute atomic E-state index is 12.5. The molecule has 0 spiro atoms. The van der Waals surface area contributed by atoms with E-state index in [0.717, 1.165) is 11.1 Å². The number of anilines is 1. The molecule has 1 aliphatic heterocycles. The van der Waals surface area contributed by atoms with E-state index in [0.29, 0.717) is 34.5 Å². The van der Waals surface area contributed by atoms with Gasteiger partial charge in [0.25, 0.3) is 5.91 Å².